The van der Waals surface area contributed by atoms with Crippen LogP contribution in [0.2, 0.25) is 0 Å². The number of hydrogen-bond acceptors (Lipinski definition) is 5. The molecule has 0 aliphatic heterocycles. The van der Waals surface area contributed by atoms with Crippen molar-refractivity contribution < 1.29 is 14.8 Å². The lowest BCUT2D eigenvalue weighted by atomic mass is 10.2. The molecule has 0 spiro atoms. The average molecular weight is 239 g/mol. The third-order valence-corrected chi connectivity index (χ3v) is 1.97. The Morgan fingerprint density at radius 2 is 2.29 bits per heavy atom. The summed E-state index contributed by atoms with van der Waals surface area (Å²) in [6.45, 7) is 1.66. The lowest BCUT2D eigenvalue weighted by molar-refractivity contribution is -0.384. The summed E-state index contributed by atoms with van der Waals surface area (Å²) in [6.07, 6.45) is 0.0716. The number of rotatable bonds is 4. The molecule has 0 aliphatic rings. The molecular formula is C10H13N3O4. The number of phenols is 1. The summed E-state index contributed by atoms with van der Waals surface area (Å²) in [6, 6.07) is 3.07. The van der Waals surface area contributed by atoms with Crippen molar-refractivity contribution in [2.75, 3.05) is 5.32 Å². The Hall–Kier alpha value is -2.15. The van der Waals surface area contributed by atoms with Gasteiger partial charge in [-0.05, 0) is 13.0 Å². The van der Waals surface area contributed by atoms with Gasteiger partial charge in [0.15, 0.2) is 0 Å². The maximum absolute atomic E-state index is 11.4. The van der Waals surface area contributed by atoms with Crippen molar-refractivity contribution >= 4 is 17.3 Å². The summed E-state index contributed by atoms with van der Waals surface area (Å²) in [5, 5.41) is 22.3. The molecule has 1 unspecified atom stereocenters. The van der Waals surface area contributed by atoms with Crippen LogP contribution in [-0.4, -0.2) is 22.0 Å². The number of nitrogens with zero attached hydrogens (tertiary/aromatic N) is 1. The summed E-state index contributed by atoms with van der Waals surface area (Å²) in [4.78, 5) is 21.3. The average Bonchev–Trinajstić information content (AvgIpc) is 2.19. The standard InChI is InChI=1S/C10H13N3O4/c1-6(11)4-10(15)12-8-5-7(13(16)17)2-3-9(8)14/h2-3,5-6,14H,4,11H2,1H3,(H,12,15). The number of aromatic hydroxyl groups is 1. The molecule has 0 saturated heterocycles. The van der Waals surface area contributed by atoms with Gasteiger partial charge >= 0.3 is 0 Å². The van der Waals surface area contributed by atoms with Crippen molar-refractivity contribution in [3.8, 4) is 5.75 Å². The van der Waals surface area contributed by atoms with E-state index < -0.39 is 10.8 Å². The molecular weight excluding hydrogens is 226 g/mol. The number of nitro groups is 1. The Morgan fingerprint density at radius 3 is 2.82 bits per heavy atom. The highest BCUT2D eigenvalue weighted by Crippen LogP contribution is 2.27. The van der Waals surface area contributed by atoms with Crippen molar-refractivity contribution in [3.05, 3.63) is 28.3 Å². The van der Waals surface area contributed by atoms with Gasteiger partial charge < -0.3 is 16.2 Å². The van der Waals surface area contributed by atoms with E-state index in [1.807, 2.05) is 0 Å². The molecule has 1 aromatic rings. The van der Waals surface area contributed by atoms with Crippen LogP contribution in [0.1, 0.15) is 13.3 Å². The van der Waals surface area contributed by atoms with Crippen LogP contribution >= 0.6 is 0 Å². The van der Waals surface area contributed by atoms with Crippen molar-refractivity contribution in [1.29, 1.82) is 0 Å². The molecule has 17 heavy (non-hydrogen) atoms. The van der Waals surface area contributed by atoms with Crippen LogP contribution in [0.15, 0.2) is 18.2 Å². The summed E-state index contributed by atoms with van der Waals surface area (Å²) < 4.78 is 0. The second-order valence-electron chi connectivity index (χ2n) is 3.69. The second-order valence-corrected chi connectivity index (χ2v) is 3.69. The summed E-state index contributed by atoms with van der Waals surface area (Å²) in [7, 11) is 0. The molecule has 92 valence electrons. The third kappa shape index (κ3) is 3.72. The van der Waals surface area contributed by atoms with Gasteiger partial charge in [0.1, 0.15) is 5.75 Å². The number of nitro benzene ring substituents is 1. The van der Waals surface area contributed by atoms with E-state index in [0.717, 1.165) is 18.2 Å². The van der Waals surface area contributed by atoms with Crippen LogP contribution in [0.25, 0.3) is 0 Å². The van der Waals surface area contributed by atoms with Gasteiger partial charge in [-0.2, -0.15) is 0 Å². The van der Waals surface area contributed by atoms with Crippen molar-refractivity contribution in [2.24, 2.45) is 5.73 Å². The highest BCUT2D eigenvalue weighted by atomic mass is 16.6. The number of non-ortho nitro benzene ring substituents is 1. The minimum absolute atomic E-state index is 0.00449. The SMILES string of the molecule is CC(N)CC(=O)Nc1cc([N+](=O)[O-])ccc1O. The zero-order valence-corrected chi connectivity index (χ0v) is 9.21. The van der Waals surface area contributed by atoms with Crippen molar-refractivity contribution in [3.63, 3.8) is 0 Å². The first-order valence-electron chi connectivity index (χ1n) is 4.93. The molecule has 0 aromatic heterocycles. The molecule has 7 nitrogen and oxygen atoms in total. The van der Waals surface area contributed by atoms with E-state index in [-0.39, 0.29) is 29.6 Å². The molecule has 1 atom stereocenters. The molecule has 1 amide bonds. The van der Waals surface area contributed by atoms with E-state index in [9.17, 15) is 20.0 Å². The number of phenolic OH excluding ortho intramolecular Hbond substituents is 1. The fourth-order valence-corrected chi connectivity index (χ4v) is 1.23. The van der Waals surface area contributed by atoms with Crippen LogP contribution in [0.5, 0.6) is 5.75 Å². The number of hydrogen-bond donors (Lipinski definition) is 3. The number of nitrogens with two attached hydrogens (primary N) is 1. The Morgan fingerprint density at radius 1 is 1.65 bits per heavy atom. The molecule has 0 radical (unpaired) electrons. The lowest BCUT2D eigenvalue weighted by Gasteiger charge is -2.08. The van der Waals surface area contributed by atoms with Gasteiger partial charge in [-0.1, -0.05) is 0 Å². The monoisotopic (exact) mass is 239 g/mol. The number of nitrogens with one attached hydrogen (secondary N) is 1. The first-order valence-corrected chi connectivity index (χ1v) is 4.93. The predicted octanol–water partition coefficient (Wildman–Crippen LogP) is 0.976. The van der Waals surface area contributed by atoms with Crippen molar-refractivity contribution in [2.45, 2.75) is 19.4 Å². The third-order valence-electron chi connectivity index (χ3n) is 1.97. The van der Waals surface area contributed by atoms with Crippen molar-refractivity contribution in [1.82, 2.24) is 0 Å². The quantitative estimate of drug-likeness (QED) is 0.411. The topological polar surface area (TPSA) is 118 Å². The van der Waals surface area contributed by atoms with Crippen LogP contribution in [-0.2, 0) is 4.79 Å². The van der Waals surface area contributed by atoms with E-state index >= 15 is 0 Å². The number of benzene rings is 1. The van der Waals surface area contributed by atoms with Gasteiger partial charge in [0.25, 0.3) is 5.69 Å². The van der Waals surface area contributed by atoms with Gasteiger partial charge in [-0.25, -0.2) is 0 Å². The molecule has 1 aromatic carbocycles. The smallest absolute Gasteiger partial charge is 0.271 e. The van der Waals surface area contributed by atoms with Crippen LogP contribution in [0.3, 0.4) is 0 Å². The van der Waals surface area contributed by atoms with E-state index in [1.54, 1.807) is 6.92 Å². The largest absolute Gasteiger partial charge is 0.506 e. The normalized spacial score (nSPS) is 11.9. The highest BCUT2D eigenvalue weighted by molar-refractivity contribution is 5.92. The van der Waals surface area contributed by atoms with E-state index in [2.05, 4.69) is 5.32 Å². The fourth-order valence-electron chi connectivity index (χ4n) is 1.23. The van der Waals surface area contributed by atoms with Gasteiger partial charge in [-0.3, -0.25) is 14.9 Å². The molecule has 0 aliphatic carbocycles. The molecule has 0 saturated carbocycles. The Bertz CT molecular complexity index is 445. The predicted molar refractivity (Wildman–Crippen MR) is 61.7 cm³/mol. The van der Waals surface area contributed by atoms with E-state index in [0.29, 0.717) is 0 Å². The maximum Gasteiger partial charge on any atom is 0.271 e. The van der Waals surface area contributed by atoms with Gasteiger partial charge in [0.05, 0.1) is 10.6 Å². The molecule has 7 heteroatoms. The highest BCUT2D eigenvalue weighted by Gasteiger charge is 2.13. The number of carbonyl (C=O) groups excluding carboxylic acids is 1. The van der Waals surface area contributed by atoms with Gasteiger partial charge in [0.2, 0.25) is 5.91 Å². The fraction of sp³-hybridized carbons (Fsp3) is 0.300. The molecule has 1 rings (SSSR count). The Kier molecular flexibility index (Phi) is 4.00. The zero-order valence-electron chi connectivity index (χ0n) is 9.21. The number of anilines is 1. The van der Waals surface area contributed by atoms with Gasteiger partial charge in [0, 0.05) is 24.6 Å². The van der Waals surface area contributed by atoms with Crippen LogP contribution in [0.4, 0.5) is 11.4 Å². The molecule has 4 N–H and O–H groups in total. The number of carbonyl (C=O) groups is 1. The zero-order chi connectivity index (χ0) is 13.0. The summed E-state index contributed by atoms with van der Waals surface area (Å²) >= 11 is 0. The Labute approximate surface area is 97.4 Å². The van der Waals surface area contributed by atoms with Crippen LogP contribution < -0.4 is 11.1 Å². The molecule has 0 fully saturated rings. The van der Waals surface area contributed by atoms with E-state index in [4.69, 9.17) is 5.73 Å². The second kappa shape index (κ2) is 5.26. The Balaban J connectivity index is 2.86. The van der Waals surface area contributed by atoms with Crippen LogP contribution in [0, 0.1) is 10.1 Å². The first-order chi connectivity index (χ1) is 7.90. The minimum Gasteiger partial charge on any atom is -0.506 e. The minimum atomic E-state index is -0.610. The maximum atomic E-state index is 11.4. The molecule has 0 bridgehead atoms. The van der Waals surface area contributed by atoms with E-state index in [1.165, 1.54) is 0 Å². The van der Waals surface area contributed by atoms with Gasteiger partial charge in [-0.15, -0.1) is 0 Å². The number of amides is 1. The summed E-state index contributed by atoms with van der Waals surface area (Å²) in [5.74, 6) is -0.635. The first kappa shape index (κ1) is 12.9. The lowest BCUT2D eigenvalue weighted by Crippen LogP contribution is -2.24. The summed E-state index contributed by atoms with van der Waals surface area (Å²) in [5.41, 5.74) is 5.23. The molecule has 0 heterocycles.